The first-order chi connectivity index (χ1) is 10.9. The van der Waals surface area contributed by atoms with Gasteiger partial charge in [-0.15, -0.1) is 16.9 Å². The van der Waals surface area contributed by atoms with Crippen LogP contribution in [0.3, 0.4) is 0 Å². The molecular formula is C17H22N4OS. The molecule has 122 valence electrons. The molecule has 1 unspecified atom stereocenters. The van der Waals surface area contributed by atoms with Gasteiger partial charge in [0.05, 0.1) is 11.2 Å². The number of nitrogens with zero attached hydrogens (tertiary/aromatic N) is 4. The monoisotopic (exact) mass is 330 g/mol. The molecule has 1 amide bonds. The zero-order chi connectivity index (χ0) is 16.6. The minimum atomic E-state index is -0.188. The Morgan fingerprint density at radius 2 is 2.04 bits per heavy atom. The van der Waals surface area contributed by atoms with Crippen LogP contribution in [0.4, 0.5) is 5.69 Å². The maximum atomic E-state index is 12.9. The zero-order valence-corrected chi connectivity index (χ0v) is 14.8. The van der Waals surface area contributed by atoms with Crippen molar-refractivity contribution in [2.24, 2.45) is 0 Å². The van der Waals surface area contributed by atoms with E-state index in [2.05, 4.69) is 23.1 Å². The molecule has 2 aromatic rings. The highest BCUT2D eigenvalue weighted by Gasteiger charge is 2.28. The van der Waals surface area contributed by atoms with Gasteiger partial charge in [0.15, 0.2) is 0 Å². The van der Waals surface area contributed by atoms with Gasteiger partial charge >= 0.3 is 0 Å². The van der Waals surface area contributed by atoms with E-state index in [1.807, 2.05) is 55.6 Å². The van der Waals surface area contributed by atoms with Gasteiger partial charge in [0.2, 0.25) is 5.82 Å². The topological polar surface area (TPSA) is 51.0 Å². The molecule has 1 aromatic carbocycles. The summed E-state index contributed by atoms with van der Waals surface area (Å²) in [6, 6.07) is 8.05. The van der Waals surface area contributed by atoms with Crippen molar-refractivity contribution in [1.29, 1.82) is 0 Å². The SMILES string of the molecule is CC1CCN(C(=O)c2ncn(C(C)(C)C)n2)c2ccccc2S1. The Morgan fingerprint density at radius 1 is 1.30 bits per heavy atom. The Hall–Kier alpha value is -1.82. The summed E-state index contributed by atoms with van der Waals surface area (Å²) >= 11 is 1.82. The minimum Gasteiger partial charge on any atom is -0.304 e. The minimum absolute atomic E-state index is 0.129. The molecule has 5 nitrogen and oxygen atoms in total. The van der Waals surface area contributed by atoms with Crippen molar-refractivity contribution in [3.8, 4) is 0 Å². The molecule has 0 spiro atoms. The van der Waals surface area contributed by atoms with Crippen LogP contribution in [0.2, 0.25) is 0 Å². The van der Waals surface area contributed by atoms with Crippen LogP contribution in [0.25, 0.3) is 0 Å². The summed E-state index contributed by atoms with van der Waals surface area (Å²) in [7, 11) is 0. The summed E-state index contributed by atoms with van der Waals surface area (Å²) in [5.74, 6) is 0.129. The Labute approximate surface area is 141 Å². The van der Waals surface area contributed by atoms with E-state index in [0.717, 1.165) is 17.0 Å². The predicted octanol–water partition coefficient (Wildman–Crippen LogP) is 3.56. The number of hydrogen-bond donors (Lipinski definition) is 0. The van der Waals surface area contributed by atoms with Crippen LogP contribution in [0, 0.1) is 0 Å². The first-order valence-electron chi connectivity index (χ1n) is 7.86. The highest BCUT2D eigenvalue weighted by molar-refractivity contribution is 8.00. The normalized spacial score (nSPS) is 18.4. The summed E-state index contributed by atoms with van der Waals surface area (Å²) in [4.78, 5) is 20.1. The molecule has 0 saturated heterocycles. The molecule has 1 atom stereocenters. The third kappa shape index (κ3) is 3.27. The van der Waals surface area contributed by atoms with Crippen LogP contribution < -0.4 is 4.90 Å². The van der Waals surface area contributed by atoms with Gasteiger partial charge in [-0.3, -0.25) is 4.79 Å². The highest BCUT2D eigenvalue weighted by Crippen LogP contribution is 2.37. The highest BCUT2D eigenvalue weighted by atomic mass is 32.2. The number of para-hydroxylation sites is 1. The van der Waals surface area contributed by atoms with E-state index in [9.17, 15) is 4.79 Å². The lowest BCUT2D eigenvalue weighted by Crippen LogP contribution is -2.33. The van der Waals surface area contributed by atoms with E-state index >= 15 is 0 Å². The molecule has 1 aromatic heterocycles. The molecule has 6 heteroatoms. The molecule has 0 aliphatic carbocycles. The van der Waals surface area contributed by atoms with Gasteiger partial charge in [-0.25, -0.2) is 9.67 Å². The van der Waals surface area contributed by atoms with Crippen molar-refractivity contribution < 1.29 is 4.79 Å². The smallest absolute Gasteiger partial charge is 0.297 e. The van der Waals surface area contributed by atoms with Crippen LogP contribution in [0.1, 0.15) is 44.7 Å². The second-order valence-corrected chi connectivity index (χ2v) is 8.31. The van der Waals surface area contributed by atoms with Crippen molar-refractivity contribution in [2.75, 3.05) is 11.4 Å². The van der Waals surface area contributed by atoms with Gasteiger partial charge in [0.25, 0.3) is 5.91 Å². The molecule has 0 N–H and O–H groups in total. The summed E-state index contributed by atoms with van der Waals surface area (Å²) in [6.45, 7) is 9.00. The Morgan fingerprint density at radius 3 is 2.74 bits per heavy atom. The van der Waals surface area contributed by atoms with Gasteiger partial charge in [-0.05, 0) is 39.3 Å². The molecule has 3 rings (SSSR count). The quantitative estimate of drug-likeness (QED) is 0.802. The molecular weight excluding hydrogens is 308 g/mol. The average Bonchev–Trinajstić information content (AvgIpc) is 2.92. The predicted molar refractivity (Wildman–Crippen MR) is 93.1 cm³/mol. The summed E-state index contributed by atoms with van der Waals surface area (Å²) in [5.41, 5.74) is 0.769. The van der Waals surface area contributed by atoms with E-state index in [-0.39, 0.29) is 17.3 Å². The first kappa shape index (κ1) is 16.1. The number of aromatic nitrogens is 3. The number of hydrogen-bond acceptors (Lipinski definition) is 4. The van der Waals surface area contributed by atoms with Crippen LogP contribution in [0.5, 0.6) is 0 Å². The number of anilines is 1. The van der Waals surface area contributed by atoms with E-state index in [1.54, 1.807) is 11.0 Å². The molecule has 1 aliphatic heterocycles. The van der Waals surface area contributed by atoms with E-state index in [4.69, 9.17) is 0 Å². The number of thioether (sulfide) groups is 1. The van der Waals surface area contributed by atoms with Crippen LogP contribution >= 0.6 is 11.8 Å². The number of carbonyl (C=O) groups excluding carboxylic acids is 1. The number of rotatable bonds is 1. The number of amides is 1. The van der Waals surface area contributed by atoms with Crippen LogP contribution in [-0.4, -0.2) is 32.5 Å². The summed E-state index contributed by atoms with van der Waals surface area (Å²) in [5, 5.41) is 4.87. The van der Waals surface area contributed by atoms with E-state index in [1.165, 1.54) is 0 Å². The van der Waals surface area contributed by atoms with Crippen molar-refractivity contribution in [3.63, 3.8) is 0 Å². The lowest BCUT2D eigenvalue weighted by atomic mass is 10.1. The number of fused-ring (bicyclic) bond motifs is 1. The molecule has 23 heavy (non-hydrogen) atoms. The molecule has 0 bridgehead atoms. The van der Waals surface area contributed by atoms with Crippen LogP contribution in [0.15, 0.2) is 35.5 Å². The maximum absolute atomic E-state index is 12.9. The number of benzene rings is 1. The van der Waals surface area contributed by atoms with Gasteiger partial charge in [-0.2, -0.15) is 0 Å². The number of carbonyl (C=O) groups is 1. The lowest BCUT2D eigenvalue weighted by Gasteiger charge is -2.21. The summed E-state index contributed by atoms with van der Waals surface area (Å²) in [6.07, 6.45) is 2.58. The van der Waals surface area contributed by atoms with Crippen molar-refractivity contribution in [3.05, 3.63) is 36.4 Å². The van der Waals surface area contributed by atoms with Crippen LogP contribution in [-0.2, 0) is 5.54 Å². The van der Waals surface area contributed by atoms with E-state index in [0.29, 0.717) is 11.8 Å². The fourth-order valence-corrected chi connectivity index (χ4v) is 3.62. The molecule has 1 aliphatic rings. The molecule has 2 heterocycles. The average molecular weight is 330 g/mol. The molecule has 0 radical (unpaired) electrons. The Balaban J connectivity index is 1.94. The lowest BCUT2D eigenvalue weighted by molar-refractivity contribution is 0.0975. The van der Waals surface area contributed by atoms with Gasteiger partial charge < -0.3 is 4.90 Å². The first-order valence-corrected chi connectivity index (χ1v) is 8.74. The van der Waals surface area contributed by atoms with Gasteiger partial charge in [0, 0.05) is 16.7 Å². The second-order valence-electron chi connectivity index (χ2n) is 6.83. The van der Waals surface area contributed by atoms with Gasteiger partial charge in [-0.1, -0.05) is 19.1 Å². The van der Waals surface area contributed by atoms with E-state index < -0.39 is 0 Å². The Kier molecular flexibility index (Phi) is 4.19. The third-order valence-corrected chi connectivity index (χ3v) is 5.10. The largest absolute Gasteiger partial charge is 0.304 e. The van der Waals surface area contributed by atoms with Gasteiger partial charge in [0.1, 0.15) is 6.33 Å². The fraction of sp³-hybridized carbons (Fsp3) is 0.471. The maximum Gasteiger partial charge on any atom is 0.297 e. The Bertz CT molecular complexity index is 719. The second kappa shape index (κ2) is 6.00. The molecule has 0 fully saturated rings. The third-order valence-electron chi connectivity index (χ3n) is 3.86. The van der Waals surface area contributed by atoms with Crippen molar-refractivity contribution >= 4 is 23.4 Å². The zero-order valence-electron chi connectivity index (χ0n) is 14.0. The summed E-state index contributed by atoms with van der Waals surface area (Å²) < 4.78 is 1.74. The van der Waals surface area contributed by atoms with Crippen molar-refractivity contribution in [2.45, 2.75) is 49.8 Å². The van der Waals surface area contributed by atoms with Crippen molar-refractivity contribution in [1.82, 2.24) is 14.8 Å². The molecule has 0 saturated carbocycles. The fourth-order valence-electron chi connectivity index (χ4n) is 2.50. The standard InChI is InChI=1S/C17H22N4OS/c1-12-9-10-20(13-7-5-6-8-14(13)23-12)16(22)15-18-11-21(19-15)17(2,3)4/h5-8,11-12H,9-10H2,1-4H3.